The fraction of sp³-hybridized carbons (Fsp3) is 0.462. The molecular formula is C26H32N4O2. The number of likely N-dealkylation sites (tertiary alicyclic amines) is 2. The predicted molar refractivity (Wildman–Crippen MR) is 127 cm³/mol. The number of aromatic amines is 1. The number of para-hydroxylation sites is 2. The molecule has 0 aliphatic carbocycles. The first-order chi connectivity index (χ1) is 15.7. The van der Waals surface area contributed by atoms with E-state index in [1.807, 2.05) is 34.9 Å². The molecule has 6 nitrogen and oxygen atoms in total. The number of hydrogen-bond donors (Lipinski definition) is 1. The molecule has 1 atom stereocenters. The van der Waals surface area contributed by atoms with Crippen molar-refractivity contribution in [3.63, 3.8) is 0 Å². The Morgan fingerprint density at radius 1 is 0.875 bits per heavy atom. The van der Waals surface area contributed by atoms with Crippen molar-refractivity contribution in [3.8, 4) is 0 Å². The van der Waals surface area contributed by atoms with E-state index in [1.54, 1.807) is 0 Å². The molecule has 1 N–H and O–H groups in total. The number of rotatable bonds is 6. The van der Waals surface area contributed by atoms with Gasteiger partial charge in [0, 0.05) is 32.1 Å². The van der Waals surface area contributed by atoms with Gasteiger partial charge in [-0.3, -0.25) is 9.36 Å². The van der Waals surface area contributed by atoms with Gasteiger partial charge in [-0.2, -0.15) is 0 Å². The van der Waals surface area contributed by atoms with E-state index in [0.717, 1.165) is 69.3 Å². The van der Waals surface area contributed by atoms with E-state index in [9.17, 15) is 9.59 Å². The van der Waals surface area contributed by atoms with Crippen LogP contribution in [0.15, 0.2) is 59.4 Å². The average molecular weight is 433 g/mol. The lowest BCUT2D eigenvalue weighted by Crippen LogP contribution is -2.41. The molecule has 2 fully saturated rings. The van der Waals surface area contributed by atoms with E-state index in [0.29, 0.717) is 12.3 Å². The Morgan fingerprint density at radius 2 is 1.62 bits per heavy atom. The Hall–Kier alpha value is -2.86. The van der Waals surface area contributed by atoms with Crippen LogP contribution < -0.4 is 5.69 Å². The summed E-state index contributed by atoms with van der Waals surface area (Å²) in [5.74, 6) is 0.294. The summed E-state index contributed by atoms with van der Waals surface area (Å²) in [6, 6.07) is 18.9. The molecule has 1 aromatic heterocycles. The number of hydrogen-bond acceptors (Lipinski definition) is 3. The first-order valence-electron chi connectivity index (χ1n) is 12.0. The number of benzene rings is 2. The maximum atomic E-state index is 12.7. The molecule has 0 bridgehead atoms. The Bertz CT molecular complexity index is 1110. The molecular weight excluding hydrogens is 400 g/mol. The SMILES string of the molecule is O=C1CCCC(c2ccccc2)N1CCCN1CCC(n2c(=O)[nH]c3ccccc32)CC1. The Morgan fingerprint density at radius 3 is 2.44 bits per heavy atom. The lowest BCUT2D eigenvalue weighted by molar-refractivity contribution is -0.136. The second-order valence-corrected chi connectivity index (χ2v) is 9.15. The van der Waals surface area contributed by atoms with Crippen LogP contribution in [0.2, 0.25) is 0 Å². The van der Waals surface area contributed by atoms with Gasteiger partial charge in [-0.25, -0.2) is 4.79 Å². The Labute approximate surface area is 188 Å². The smallest absolute Gasteiger partial charge is 0.326 e. The Kier molecular flexibility index (Phi) is 6.12. The number of carbonyl (C=O) groups is 1. The molecule has 1 unspecified atom stereocenters. The van der Waals surface area contributed by atoms with E-state index in [4.69, 9.17) is 0 Å². The van der Waals surface area contributed by atoms with Crippen molar-refractivity contribution in [1.82, 2.24) is 19.4 Å². The summed E-state index contributed by atoms with van der Waals surface area (Å²) in [4.78, 5) is 32.7. The number of H-pyrrole nitrogens is 1. The van der Waals surface area contributed by atoms with Crippen LogP contribution in [0.5, 0.6) is 0 Å². The summed E-state index contributed by atoms with van der Waals surface area (Å²) in [6.45, 7) is 3.81. The van der Waals surface area contributed by atoms with Crippen molar-refractivity contribution in [2.75, 3.05) is 26.2 Å². The van der Waals surface area contributed by atoms with Crippen molar-refractivity contribution in [1.29, 1.82) is 0 Å². The van der Waals surface area contributed by atoms with Gasteiger partial charge >= 0.3 is 5.69 Å². The lowest BCUT2D eigenvalue weighted by Gasteiger charge is -2.37. The summed E-state index contributed by atoms with van der Waals surface area (Å²) >= 11 is 0. The van der Waals surface area contributed by atoms with Gasteiger partial charge in [0.15, 0.2) is 0 Å². The lowest BCUT2D eigenvalue weighted by atomic mass is 9.94. The Balaban J connectivity index is 1.16. The van der Waals surface area contributed by atoms with Crippen LogP contribution in [0.25, 0.3) is 11.0 Å². The minimum atomic E-state index is 0.000199. The highest BCUT2D eigenvalue weighted by atomic mass is 16.2. The third kappa shape index (κ3) is 4.24. The molecule has 2 aromatic carbocycles. The molecule has 3 heterocycles. The minimum Gasteiger partial charge on any atom is -0.336 e. The first-order valence-corrected chi connectivity index (χ1v) is 12.0. The third-order valence-corrected chi connectivity index (χ3v) is 7.17. The number of fused-ring (bicyclic) bond motifs is 1. The van der Waals surface area contributed by atoms with Crippen molar-refractivity contribution in [2.24, 2.45) is 0 Å². The van der Waals surface area contributed by atoms with Crippen LogP contribution in [0, 0.1) is 0 Å². The molecule has 0 radical (unpaired) electrons. The van der Waals surface area contributed by atoms with Crippen molar-refractivity contribution < 1.29 is 4.79 Å². The van der Waals surface area contributed by atoms with Crippen LogP contribution in [-0.2, 0) is 4.79 Å². The van der Waals surface area contributed by atoms with E-state index in [2.05, 4.69) is 39.0 Å². The molecule has 168 valence electrons. The summed E-state index contributed by atoms with van der Waals surface area (Å²) < 4.78 is 1.95. The number of aromatic nitrogens is 2. The summed E-state index contributed by atoms with van der Waals surface area (Å²) in [7, 11) is 0. The zero-order chi connectivity index (χ0) is 21.9. The maximum Gasteiger partial charge on any atom is 0.326 e. The van der Waals surface area contributed by atoms with Gasteiger partial charge in [0.1, 0.15) is 0 Å². The van der Waals surface area contributed by atoms with E-state index >= 15 is 0 Å². The molecule has 2 saturated heterocycles. The zero-order valence-corrected chi connectivity index (χ0v) is 18.6. The van der Waals surface area contributed by atoms with Crippen molar-refractivity contribution in [2.45, 2.75) is 50.6 Å². The highest BCUT2D eigenvalue weighted by molar-refractivity contribution is 5.77. The van der Waals surface area contributed by atoms with Crippen LogP contribution in [0.3, 0.4) is 0 Å². The summed E-state index contributed by atoms with van der Waals surface area (Å²) in [5.41, 5.74) is 3.18. The molecule has 0 spiro atoms. The third-order valence-electron chi connectivity index (χ3n) is 7.17. The maximum absolute atomic E-state index is 12.7. The van der Waals surface area contributed by atoms with Gasteiger partial charge in [-0.05, 0) is 56.3 Å². The number of amides is 1. The predicted octanol–water partition coefficient (Wildman–Crippen LogP) is 4.11. The molecule has 6 heteroatoms. The van der Waals surface area contributed by atoms with Gasteiger partial charge in [0.25, 0.3) is 0 Å². The minimum absolute atomic E-state index is 0.000199. The molecule has 5 rings (SSSR count). The average Bonchev–Trinajstić information content (AvgIpc) is 3.17. The van der Waals surface area contributed by atoms with Gasteiger partial charge < -0.3 is 14.8 Å². The van der Waals surface area contributed by atoms with Crippen LogP contribution >= 0.6 is 0 Å². The van der Waals surface area contributed by atoms with Crippen LogP contribution in [0.4, 0.5) is 0 Å². The second kappa shape index (κ2) is 9.33. The van der Waals surface area contributed by atoms with Crippen LogP contribution in [-0.4, -0.2) is 51.4 Å². The molecule has 2 aliphatic heterocycles. The summed E-state index contributed by atoms with van der Waals surface area (Å²) in [6.07, 6.45) is 5.67. The summed E-state index contributed by atoms with van der Waals surface area (Å²) in [5, 5.41) is 0. The highest BCUT2D eigenvalue weighted by Gasteiger charge is 2.29. The van der Waals surface area contributed by atoms with Gasteiger partial charge in [0.05, 0.1) is 17.1 Å². The fourth-order valence-electron chi connectivity index (χ4n) is 5.52. The number of piperidine rings is 2. The van der Waals surface area contributed by atoms with Crippen LogP contribution in [0.1, 0.15) is 56.2 Å². The largest absolute Gasteiger partial charge is 0.336 e. The molecule has 32 heavy (non-hydrogen) atoms. The normalized spacial score (nSPS) is 20.8. The monoisotopic (exact) mass is 432 g/mol. The second-order valence-electron chi connectivity index (χ2n) is 9.15. The number of imidazole rings is 1. The molecule has 3 aromatic rings. The van der Waals surface area contributed by atoms with E-state index in [1.165, 1.54) is 5.56 Å². The number of nitrogens with one attached hydrogen (secondary N) is 1. The van der Waals surface area contributed by atoms with E-state index < -0.39 is 0 Å². The molecule has 2 aliphatic rings. The quantitative estimate of drug-likeness (QED) is 0.638. The topological polar surface area (TPSA) is 61.3 Å². The first kappa shape index (κ1) is 21.0. The van der Waals surface area contributed by atoms with Gasteiger partial charge in [0.2, 0.25) is 5.91 Å². The number of carbonyl (C=O) groups excluding carboxylic acids is 1. The molecule has 1 amide bonds. The highest BCUT2D eigenvalue weighted by Crippen LogP contribution is 2.32. The zero-order valence-electron chi connectivity index (χ0n) is 18.6. The van der Waals surface area contributed by atoms with Crippen molar-refractivity contribution >= 4 is 16.9 Å². The van der Waals surface area contributed by atoms with Gasteiger partial charge in [-0.15, -0.1) is 0 Å². The molecule has 0 saturated carbocycles. The number of nitrogens with zero attached hydrogens (tertiary/aromatic N) is 3. The standard InChI is InChI=1S/C26H32N4O2/c31-25-13-6-12-23(20-8-2-1-3-9-20)29(25)17-7-16-28-18-14-21(15-19-28)30-24-11-5-4-10-22(24)27-26(30)32/h1-5,8-11,21,23H,6-7,12-19H2,(H,27,32). The fourth-order valence-corrected chi connectivity index (χ4v) is 5.52. The van der Waals surface area contributed by atoms with E-state index in [-0.39, 0.29) is 17.8 Å². The van der Waals surface area contributed by atoms with Crippen molar-refractivity contribution in [3.05, 3.63) is 70.6 Å². The van der Waals surface area contributed by atoms with Gasteiger partial charge in [-0.1, -0.05) is 42.5 Å².